The van der Waals surface area contributed by atoms with Gasteiger partial charge in [-0.2, -0.15) is 5.10 Å². The highest BCUT2D eigenvalue weighted by atomic mass is 35.5. The first-order valence-corrected chi connectivity index (χ1v) is 19.3. The van der Waals surface area contributed by atoms with E-state index in [2.05, 4.69) is 21.5 Å². The summed E-state index contributed by atoms with van der Waals surface area (Å²) < 4.78 is 11.9. The molecule has 0 aliphatic carbocycles. The Bertz CT molecular complexity index is 2690. The van der Waals surface area contributed by atoms with E-state index >= 15 is 4.79 Å². The summed E-state index contributed by atoms with van der Waals surface area (Å²) in [6.45, 7) is 10.9. The van der Waals surface area contributed by atoms with Crippen LogP contribution in [0.1, 0.15) is 74.3 Å². The number of carbonyl (C=O) groups is 2. The van der Waals surface area contributed by atoms with Gasteiger partial charge >= 0.3 is 5.97 Å². The lowest BCUT2D eigenvalue weighted by Gasteiger charge is -2.35. The number of aromatic carboxylic acids is 1. The van der Waals surface area contributed by atoms with E-state index in [1.807, 2.05) is 81.9 Å². The maximum Gasteiger partial charge on any atom is 0.352 e. The van der Waals surface area contributed by atoms with Gasteiger partial charge in [-0.1, -0.05) is 41.4 Å². The summed E-state index contributed by atoms with van der Waals surface area (Å²) in [4.78, 5) is 38.4. The van der Waals surface area contributed by atoms with E-state index in [1.165, 1.54) is 0 Å². The van der Waals surface area contributed by atoms with Crippen LogP contribution in [-0.4, -0.2) is 59.0 Å². The largest absolute Gasteiger partial charge is 0.494 e. The number of rotatable bonds is 10. The van der Waals surface area contributed by atoms with Crippen molar-refractivity contribution in [3.8, 4) is 16.9 Å². The average Bonchev–Trinajstić information content (AvgIpc) is 3.79. The zero-order chi connectivity index (χ0) is 39.6. The predicted molar refractivity (Wildman–Crippen MR) is 220 cm³/mol. The van der Waals surface area contributed by atoms with Crippen LogP contribution in [0.15, 0.2) is 67.0 Å². The molecule has 1 atom stereocenters. The van der Waals surface area contributed by atoms with Crippen LogP contribution in [0.3, 0.4) is 0 Å². The van der Waals surface area contributed by atoms with Crippen molar-refractivity contribution in [1.82, 2.24) is 28.9 Å². The molecular formula is C43H41Cl2N7O4. The van der Waals surface area contributed by atoms with Crippen LogP contribution in [0.4, 0.5) is 5.69 Å². The number of amides is 1. The lowest BCUT2D eigenvalue weighted by Crippen LogP contribution is -2.43. The number of hydrogen-bond donors (Lipinski definition) is 1. The molecule has 0 unspecified atom stereocenters. The number of carboxylic acids is 1. The van der Waals surface area contributed by atoms with E-state index < -0.39 is 5.97 Å². The Hall–Kier alpha value is -5.65. The lowest BCUT2D eigenvalue weighted by atomic mass is 9.98. The number of hydrogen-bond acceptors (Lipinski definition) is 6. The summed E-state index contributed by atoms with van der Waals surface area (Å²) in [6, 6.07) is 16.6. The average molecular weight is 791 g/mol. The van der Waals surface area contributed by atoms with Crippen LogP contribution in [0, 0.1) is 27.7 Å². The minimum atomic E-state index is -1.08. The molecule has 4 aromatic heterocycles. The highest BCUT2D eigenvalue weighted by molar-refractivity contribution is 6.35. The lowest BCUT2D eigenvalue weighted by molar-refractivity contribution is 0.0686. The Balaban J connectivity index is 1.28. The van der Waals surface area contributed by atoms with Crippen LogP contribution >= 0.6 is 23.2 Å². The van der Waals surface area contributed by atoms with E-state index in [9.17, 15) is 9.90 Å². The molecule has 1 aliphatic heterocycles. The number of aromatic nitrogens is 6. The number of para-hydroxylation sites is 1. The highest BCUT2D eigenvalue weighted by Gasteiger charge is 2.38. The van der Waals surface area contributed by atoms with E-state index in [-0.39, 0.29) is 24.2 Å². The van der Waals surface area contributed by atoms with Gasteiger partial charge in [0.2, 0.25) is 0 Å². The monoisotopic (exact) mass is 789 g/mol. The number of carbonyl (C=O) groups excluding carboxylic acids is 1. The molecule has 13 heteroatoms. The van der Waals surface area contributed by atoms with Gasteiger partial charge in [0.15, 0.2) is 0 Å². The molecule has 3 aromatic carbocycles. The molecular weight excluding hydrogens is 749 g/mol. The third-order valence-electron chi connectivity index (χ3n) is 10.9. The summed E-state index contributed by atoms with van der Waals surface area (Å²) in [5.74, 6) is -0.0627. The van der Waals surface area contributed by atoms with Crippen molar-refractivity contribution in [3.63, 3.8) is 0 Å². The number of carboxylic acid groups (broad SMARTS) is 1. The molecule has 11 nitrogen and oxygen atoms in total. The minimum Gasteiger partial charge on any atom is -0.494 e. The molecule has 0 fully saturated rings. The molecule has 5 heterocycles. The summed E-state index contributed by atoms with van der Waals surface area (Å²) in [5.41, 5.74) is 9.19. The summed E-state index contributed by atoms with van der Waals surface area (Å²) >= 11 is 13.5. The molecule has 0 saturated carbocycles. The number of fused-ring (bicyclic) bond motifs is 4. The summed E-state index contributed by atoms with van der Waals surface area (Å²) in [7, 11) is 1.92. The number of ether oxygens (including phenoxy) is 1. The molecule has 56 heavy (non-hydrogen) atoms. The summed E-state index contributed by atoms with van der Waals surface area (Å²) in [5, 5.41) is 18.0. The molecule has 1 N–H and O–H groups in total. The molecule has 0 spiro atoms. The van der Waals surface area contributed by atoms with Crippen LogP contribution in [0.5, 0.6) is 5.75 Å². The fourth-order valence-electron chi connectivity index (χ4n) is 8.35. The first-order valence-electron chi connectivity index (χ1n) is 18.5. The Labute approximate surface area is 334 Å². The van der Waals surface area contributed by atoms with Crippen molar-refractivity contribution in [1.29, 1.82) is 0 Å². The maximum absolute atomic E-state index is 15.3. The zero-order valence-corrected chi connectivity index (χ0v) is 33.5. The minimum absolute atomic E-state index is 0.0831. The van der Waals surface area contributed by atoms with Gasteiger partial charge < -0.3 is 23.9 Å². The standard InChI is InChI=1S/C43H41Cl2N7O4/c1-23-18-29(19-24(2)38(23)45)56-17-8-11-30-31-13-14-32(44)37(36-26(4)48-49(6)27(36)5)40(31)52-25(3)21-51(42(53)41(30)52)33-12-7-10-28-20-34(43(54)55)50(39(28)33)22-35-46-15-9-16-47-35/h7,9-10,12-16,18-20,25H,8,11,17,21-22H2,1-6H3,(H,54,55)/t25-/m1/s1. The molecule has 0 saturated heterocycles. The van der Waals surface area contributed by atoms with Crippen molar-refractivity contribution in [2.24, 2.45) is 7.05 Å². The predicted octanol–water partition coefficient (Wildman–Crippen LogP) is 9.31. The van der Waals surface area contributed by atoms with E-state index in [0.29, 0.717) is 59.1 Å². The van der Waals surface area contributed by atoms with Gasteiger partial charge in [-0.3, -0.25) is 9.48 Å². The molecule has 8 rings (SSSR count). The molecule has 0 radical (unpaired) electrons. The van der Waals surface area contributed by atoms with Crippen molar-refractivity contribution in [2.45, 2.75) is 60.0 Å². The van der Waals surface area contributed by atoms with E-state index in [1.54, 1.807) is 34.0 Å². The molecule has 1 aliphatic rings. The normalized spacial score (nSPS) is 14.2. The van der Waals surface area contributed by atoms with Gasteiger partial charge in [0.1, 0.15) is 23.0 Å². The van der Waals surface area contributed by atoms with Gasteiger partial charge in [-0.25, -0.2) is 14.8 Å². The number of nitrogens with zero attached hydrogens (tertiary/aromatic N) is 7. The smallest absolute Gasteiger partial charge is 0.352 e. The van der Waals surface area contributed by atoms with Gasteiger partial charge in [0, 0.05) is 64.6 Å². The Kier molecular flexibility index (Phi) is 9.62. The highest BCUT2D eigenvalue weighted by Crippen LogP contribution is 2.46. The Morgan fingerprint density at radius 2 is 1.70 bits per heavy atom. The van der Waals surface area contributed by atoms with Crippen molar-refractivity contribution in [3.05, 3.63) is 122 Å². The number of benzene rings is 3. The molecule has 286 valence electrons. The van der Waals surface area contributed by atoms with Gasteiger partial charge in [0.25, 0.3) is 5.91 Å². The topological polar surface area (TPSA) is 120 Å². The van der Waals surface area contributed by atoms with Crippen molar-refractivity contribution < 1.29 is 19.4 Å². The third-order valence-corrected chi connectivity index (χ3v) is 11.8. The van der Waals surface area contributed by atoms with Gasteiger partial charge in [-0.15, -0.1) is 0 Å². The Morgan fingerprint density at radius 3 is 2.38 bits per heavy atom. The third kappa shape index (κ3) is 6.19. The van der Waals surface area contributed by atoms with Crippen LogP contribution < -0.4 is 9.64 Å². The van der Waals surface area contributed by atoms with Gasteiger partial charge in [-0.05, 0) is 101 Å². The quantitative estimate of drug-likeness (QED) is 0.137. The van der Waals surface area contributed by atoms with Crippen LogP contribution in [0.2, 0.25) is 10.0 Å². The zero-order valence-electron chi connectivity index (χ0n) is 32.0. The fourth-order valence-corrected chi connectivity index (χ4v) is 8.71. The molecule has 0 bridgehead atoms. The van der Waals surface area contributed by atoms with Crippen LogP contribution in [-0.2, 0) is 20.0 Å². The second kappa shape index (κ2) is 14.5. The van der Waals surface area contributed by atoms with Gasteiger partial charge in [0.05, 0.1) is 40.6 Å². The van der Waals surface area contributed by atoms with Crippen molar-refractivity contribution >= 4 is 62.6 Å². The van der Waals surface area contributed by atoms with Crippen molar-refractivity contribution in [2.75, 3.05) is 18.1 Å². The SMILES string of the molecule is Cc1cc(OCCCc2c3n(c4c(-c5c(C)nn(C)c5C)c(Cl)ccc24)[C@H](C)CN(c2cccc4cc(C(=O)O)n(Cc5ncccn5)c24)C3=O)cc(C)c1Cl. The number of anilines is 1. The van der Waals surface area contributed by atoms with E-state index in [0.717, 1.165) is 60.9 Å². The first kappa shape index (κ1) is 37.3. The number of halogens is 2. The molecule has 7 aromatic rings. The van der Waals surface area contributed by atoms with Crippen LogP contribution in [0.25, 0.3) is 32.9 Å². The maximum atomic E-state index is 15.3. The number of aryl methyl sites for hydroxylation is 5. The molecule has 1 amide bonds. The Morgan fingerprint density at radius 1 is 0.964 bits per heavy atom. The fraction of sp³-hybridized carbons (Fsp3) is 0.279. The first-order chi connectivity index (χ1) is 26.8. The summed E-state index contributed by atoms with van der Waals surface area (Å²) in [6.07, 6.45) is 4.44. The second-order valence-electron chi connectivity index (χ2n) is 14.6. The second-order valence-corrected chi connectivity index (χ2v) is 15.4. The van der Waals surface area contributed by atoms with E-state index in [4.69, 9.17) is 33.0 Å².